The van der Waals surface area contributed by atoms with Gasteiger partial charge in [0.05, 0.1) is 6.33 Å². The number of nitrogens with one attached hydrogen (secondary N) is 1. The normalized spacial score (nSPS) is 10.4. The highest BCUT2D eigenvalue weighted by molar-refractivity contribution is 5.92. The van der Waals surface area contributed by atoms with E-state index in [1.807, 2.05) is 10.8 Å². The number of imidazole rings is 1. The monoisotopic (exact) mass is 260 g/mol. The number of anilines is 1. The third-order valence-corrected chi connectivity index (χ3v) is 2.54. The van der Waals surface area contributed by atoms with Gasteiger partial charge in [0.1, 0.15) is 5.69 Å². The highest BCUT2D eigenvalue weighted by atomic mass is 16.1. The van der Waals surface area contributed by atoms with Gasteiger partial charge in [-0.05, 0) is 19.4 Å². The first-order valence-corrected chi connectivity index (χ1v) is 6.00. The van der Waals surface area contributed by atoms with E-state index in [2.05, 4.69) is 20.3 Å². The maximum Gasteiger partial charge on any atom is 0.270 e. The largest absolute Gasteiger partial charge is 0.368 e. The Kier molecular flexibility index (Phi) is 4.07. The van der Waals surface area contributed by atoms with E-state index in [9.17, 15) is 4.79 Å². The van der Waals surface area contributed by atoms with Crippen molar-refractivity contribution in [2.75, 3.05) is 12.3 Å². The summed E-state index contributed by atoms with van der Waals surface area (Å²) < 4.78 is 1.96. The Bertz CT molecular complexity index is 531. The predicted molar refractivity (Wildman–Crippen MR) is 70.4 cm³/mol. The molecule has 0 aromatic carbocycles. The van der Waals surface area contributed by atoms with Crippen LogP contribution in [0.2, 0.25) is 0 Å². The molecule has 0 radical (unpaired) electrons. The molecule has 0 unspecified atom stereocenters. The number of amides is 1. The van der Waals surface area contributed by atoms with Crippen LogP contribution in [0.4, 0.5) is 5.95 Å². The molecule has 0 aliphatic rings. The van der Waals surface area contributed by atoms with E-state index in [0.29, 0.717) is 17.9 Å². The summed E-state index contributed by atoms with van der Waals surface area (Å²) >= 11 is 0. The summed E-state index contributed by atoms with van der Waals surface area (Å²) in [6.07, 6.45) is 6.18. The maximum atomic E-state index is 11.8. The van der Waals surface area contributed by atoms with Gasteiger partial charge < -0.3 is 15.6 Å². The molecule has 0 spiro atoms. The van der Waals surface area contributed by atoms with Crippen molar-refractivity contribution in [1.29, 1.82) is 0 Å². The Morgan fingerprint density at radius 1 is 1.47 bits per heavy atom. The smallest absolute Gasteiger partial charge is 0.270 e. The molecular formula is C12H16N6O. The number of carbonyl (C=O) groups is 1. The third-order valence-electron chi connectivity index (χ3n) is 2.54. The summed E-state index contributed by atoms with van der Waals surface area (Å²) in [5.74, 6) is -0.119. The van der Waals surface area contributed by atoms with Gasteiger partial charge in [0.25, 0.3) is 5.91 Å². The molecule has 2 aromatic rings. The Hall–Kier alpha value is -2.44. The molecule has 0 aliphatic heterocycles. The molecule has 2 heterocycles. The van der Waals surface area contributed by atoms with Gasteiger partial charge in [0.2, 0.25) is 5.95 Å². The first-order chi connectivity index (χ1) is 9.15. The van der Waals surface area contributed by atoms with Crippen molar-refractivity contribution < 1.29 is 4.79 Å². The molecule has 1 amide bonds. The molecule has 0 saturated heterocycles. The molecule has 0 aliphatic carbocycles. The topological polar surface area (TPSA) is 98.7 Å². The molecular weight excluding hydrogens is 244 g/mol. The first-order valence-electron chi connectivity index (χ1n) is 6.00. The van der Waals surface area contributed by atoms with Gasteiger partial charge in [-0.3, -0.25) is 4.79 Å². The Morgan fingerprint density at radius 2 is 2.32 bits per heavy atom. The fraction of sp³-hybridized carbons (Fsp3) is 0.333. The number of hydrogen-bond acceptors (Lipinski definition) is 5. The highest BCUT2D eigenvalue weighted by Gasteiger charge is 2.08. The van der Waals surface area contributed by atoms with Crippen molar-refractivity contribution in [2.24, 2.45) is 0 Å². The number of carbonyl (C=O) groups excluding carboxylic acids is 1. The zero-order valence-corrected chi connectivity index (χ0v) is 10.7. The summed E-state index contributed by atoms with van der Waals surface area (Å²) in [6, 6.07) is 1.61. The lowest BCUT2D eigenvalue weighted by Crippen LogP contribution is -2.26. The van der Waals surface area contributed by atoms with Crippen LogP contribution in [0.3, 0.4) is 0 Å². The summed E-state index contributed by atoms with van der Waals surface area (Å²) in [5.41, 5.74) is 6.48. The minimum absolute atomic E-state index is 0.114. The van der Waals surface area contributed by atoms with E-state index in [1.165, 1.54) is 0 Å². The van der Waals surface area contributed by atoms with Crippen molar-refractivity contribution >= 4 is 11.9 Å². The van der Waals surface area contributed by atoms with Gasteiger partial charge in [-0.2, -0.15) is 0 Å². The summed E-state index contributed by atoms with van der Waals surface area (Å²) in [5, 5.41) is 2.80. The Morgan fingerprint density at radius 3 is 3.00 bits per heavy atom. The quantitative estimate of drug-likeness (QED) is 0.757. The number of aromatic nitrogens is 4. The van der Waals surface area contributed by atoms with Gasteiger partial charge in [-0.15, -0.1) is 0 Å². The maximum absolute atomic E-state index is 11.8. The Labute approximate surface area is 110 Å². The predicted octanol–water partition coefficient (Wildman–Crippen LogP) is 0.384. The van der Waals surface area contributed by atoms with Crippen molar-refractivity contribution in [2.45, 2.75) is 19.9 Å². The van der Waals surface area contributed by atoms with Crippen molar-refractivity contribution in [1.82, 2.24) is 24.8 Å². The highest BCUT2D eigenvalue weighted by Crippen LogP contribution is 2.01. The number of rotatable bonds is 5. The molecule has 2 aromatic heterocycles. The molecule has 3 N–H and O–H groups in total. The van der Waals surface area contributed by atoms with Crippen LogP contribution in [0, 0.1) is 6.92 Å². The number of hydrogen-bond donors (Lipinski definition) is 2. The Balaban J connectivity index is 1.80. The molecule has 0 atom stereocenters. The number of nitrogen functional groups attached to an aromatic ring is 1. The lowest BCUT2D eigenvalue weighted by molar-refractivity contribution is 0.0947. The summed E-state index contributed by atoms with van der Waals surface area (Å²) in [7, 11) is 0. The van der Waals surface area contributed by atoms with Crippen LogP contribution in [0.25, 0.3) is 0 Å². The summed E-state index contributed by atoms with van der Waals surface area (Å²) in [4.78, 5) is 23.6. The second-order valence-corrected chi connectivity index (χ2v) is 4.16. The number of aryl methyl sites for hydroxylation is 2. The van der Waals surface area contributed by atoms with Crippen LogP contribution < -0.4 is 11.1 Å². The molecule has 7 nitrogen and oxygen atoms in total. The van der Waals surface area contributed by atoms with E-state index >= 15 is 0 Å². The molecule has 2 rings (SSSR count). The second-order valence-electron chi connectivity index (χ2n) is 4.16. The molecule has 7 heteroatoms. The molecule has 100 valence electrons. The van der Waals surface area contributed by atoms with Crippen LogP contribution in [0.1, 0.15) is 22.6 Å². The van der Waals surface area contributed by atoms with Gasteiger partial charge in [-0.25, -0.2) is 15.0 Å². The lowest BCUT2D eigenvalue weighted by Gasteiger charge is -2.06. The molecule has 0 saturated carbocycles. The average molecular weight is 260 g/mol. The zero-order chi connectivity index (χ0) is 13.7. The van der Waals surface area contributed by atoms with Crippen LogP contribution in [-0.2, 0) is 6.54 Å². The van der Waals surface area contributed by atoms with Gasteiger partial charge in [0, 0.05) is 31.2 Å². The van der Waals surface area contributed by atoms with Gasteiger partial charge in [0.15, 0.2) is 0 Å². The molecule has 19 heavy (non-hydrogen) atoms. The first kappa shape index (κ1) is 13.0. The fourth-order valence-electron chi connectivity index (χ4n) is 1.68. The van der Waals surface area contributed by atoms with Crippen molar-refractivity contribution in [3.05, 3.63) is 36.2 Å². The lowest BCUT2D eigenvalue weighted by atomic mass is 10.3. The van der Waals surface area contributed by atoms with E-state index in [-0.39, 0.29) is 11.9 Å². The summed E-state index contributed by atoms with van der Waals surface area (Å²) in [6.45, 7) is 3.15. The number of nitrogens with zero attached hydrogens (tertiary/aromatic N) is 4. The van der Waals surface area contributed by atoms with Crippen LogP contribution in [-0.4, -0.2) is 32.0 Å². The van der Waals surface area contributed by atoms with Crippen LogP contribution >= 0.6 is 0 Å². The van der Waals surface area contributed by atoms with E-state index < -0.39 is 0 Å². The molecule has 0 bridgehead atoms. The number of nitrogens with two attached hydrogens (primary N) is 1. The third kappa shape index (κ3) is 3.77. The van der Waals surface area contributed by atoms with E-state index in [4.69, 9.17) is 5.73 Å². The second kappa shape index (κ2) is 5.94. The van der Waals surface area contributed by atoms with E-state index in [1.54, 1.807) is 25.5 Å². The van der Waals surface area contributed by atoms with Crippen molar-refractivity contribution in [3.63, 3.8) is 0 Å². The minimum Gasteiger partial charge on any atom is -0.368 e. The minimum atomic E-state index is -0.233. The standard InChI is InChI=1S/C12H16N6O/c1-9-7-10(17-12(13)16-9)11(19)15-3-2-5-18-6-4-14-8-18/h4,6-8H,2-3,5H2,1H3,(H,15,19)(H2,13,16,17). The average Bonchev–Trinajstić information content (AvgIpc) is 2.86. The van der Waals surface area contributed by atoms with Crippen LogP contribution in [0.15, 0.2) is 24.8 Å². The van der Waals surface area contributed by atoms with Gasteiger partial charge >= 0.3 is 0 Å². The van der Waals surface area contributed by atoms with Crippen molar-refractivity contribution in [3.8, 4) is 0 Å². The molecule has 0 fully saturated rings. The van der Waals surface area contributed by atoms with Crippen LogP contribution in [0.5, 0.6) is 0 Å². The van der Waals surface area contributed by atoms with Gasteiger partial charge in [-0.1, -0.05) is 0 Å². The zero-order valence-electron chi connectivity index (χ0n) is 10.7. The fourth-order valence-corrected chi connectivity index (χ4v) is 1.68. The van der Waals surface area contributed by atoms with E-state index in [0.717, 1.165) is 13.0 Å². The SMILES string of the molecule is Cc1cc(C(=O)NCCCn2ccnc2)nc(N)n1.